The summed E-state index contributed by atoms with van der Waals surface area (Å²) in [5, 5.41) is 3.93. The maximum absolute atomic E-state index is 11.7. The molecule has 0 spiro atoms. The van der Waals surface area contributed by atoms with Crippen LogP contribution in [0.15, 0.2) is 4.52 Å². The number of Topliss-reactive ketones (excluding diaryl/α,β-unsaturated/α-hetero) is 1. The van der Waals surface area contributed by atoms with Gasteiger partial charge in [-0.1, -0.05) is 25.4 Å². The Bertz CT molecular complexity index is 371. The van der Waals surface area contributed by atoms with Gasteiger partial charge < -0.3 is 4.52 Å². The Labute approximate surface area is 95.4 Å². The number of nitrogens with zero attached hydrogens (tertiary/aromatic N) is 2. The zero-order valence-electron chi connectivity index (χ0n) is 9.90. The summed E-state index contributed by atoms with van der Waals surface area (Å²) in [5.41, 5.74) is 0. The van der Waals surface area contributed by atoms with Crippen LogP contribution in [0.2, 0.25) is 0 Å². The molecule has 1 heterocycles. The van der Waals surface area contributed by atoms with Gasteiger partial charge in [0.05, 0.1) is 5.92 Å². The highest BCUT2D eigenvalue weighted by Crippen LogP contribution is 2.28. The zero-order chi connectivity index (χ0) is 11.5. The van der Waals surface area contributed by atoms with Crippen molar-refractivity contribution in [3.8, 4) is 0 Å². The lowest BCUT2D eigenvalue weighted by atomic mass is 9.88. The minimum absolute atomic E-state index is 0.137. The fourth-order valence-electron chi connectivity index (χ4n) is 2.10. The fourth-order valence-corrected chi connectivity index (χ4v) is 2.10. The quantitative estimate of drug-likeness (QED) is 0.788. The minimum Gasteiger partial charge on any atom is -0.339 e. The van der Waals surface area contributed by atoms with Crippen LogP contribution in [0.4, 0.5) is 0 Å². The van der Waals surface area contributed by atoms with Crippen molar-refractivity contribution in [3.63, 3.8) is 0 Å². The molecular formula is C12H18N2O2. The molecule has 1 saturated carbocycles. The van der Waals surface area contributed by atoms with Crippen molar-refractivity contribution in [2.75, 3.05) is 0 Å². The first-order valence-corrected chi connectivity index (χ1v) is 6.02. The highest BCUT2D eigenvalue weighted by atomic mass is 16.5. The molecule has 1 aliphatic carbocycles. The SMILES string of the molecule is CC(C)Cc1noc(C2CCCCC2=O)n1. The molecular weight excluding hydrogens is 204 g/mol. The lowest BCUT2D eigenvalue weighted by molar-refractivity contribution is -0.122. The molecule has 0 amide bonds. The molecule has 0 aliphatic heterocycles. The van der Waals surface area contributed by atoms with Gasteiger partial charge in [0.1, 0.15) is 5.78 Å². The van der Waals surface area contributed by atoms with E-state index >= 15 is 0 Å². The number of carbonyl (C=O) groups excluding carboxylic acids is 1. The lowest BCUT2D eigenvalue weighted by Crippen LogP contribution is -2.17. The maximum atomic E-state index is 11.7. The highest BCUT2D eigenvalue weighted by molar-refractivity contribution is 5.85. The van der Waals surface area contributed by atoms with Gasteiger partial charge in [0.2, 0.25) is 5.89 Å². The molecule has 0 bridgehead atoms. The molecule has 0 saturated heterocycles. The van der Waals surface area contributed by atoms with Crippen molar-refractivity contribution in [3.05, 3.63) is 11.7 Å². The van der Waals surface area contributed by atoms with Crippen LogP contribution in [-0.2, 0) is 11.2 Å². The van der Waals surface area contributed by atoms with Crippen molar-refractivity contribution in [1.29, 1.82) is 0 Å². The minimum atomic E-state index is -0.137. The molecule has 1 atom stereocenters. The van der Waals surface area contributed by atoms with Crippen LogP contribution in [0.1, 0.15) is 57.2 Å². The second kappa shape index (κ2) is 4.76. The van der Waals surface area contributed by atoms with Gasteiger partial charge in [0, 0.05) is 12.8 Å². The standard InChI is InChI=1S/C12H18N2O2/c1-8(2)7-11-13-12(16-14-11)9-5-3-4-6-10(9)15/h8-9H,3-7H2,1-2H3. The van der Waals surface area contributed by atoms with Gasteiger partial charge in [-0.15, -0.1) is 0 Å². The molecule has 16 heavy (non-hydrogen) atoms. The summed E-state index contributed by atoms with van der Waals surface area (Å²) < 4.78 is 5.19. The van der Waals surface area contributed by atoms with Crippen LogP contribution in [0.5, 0.6) is 0 Å². The van der Waals surface area contributed by atoms with Gasteiger partial charge in [-0.3, -0.25) is 4.79 Å². The Kier molecular flexibility index (Phi) is 3.36. The molecule has 0 radical (unpaired) electrons. The van der Waals surface area contributed by atoms with Gasteiger partial charge in [0.25, 0.3) is 0 Å². The molecule has 4 heteroatoms. The topological polar surface area (TPSA) is 56.0 Å². The molecule has 1 aromatic rings. The summed E-state index contributed by atoms with van der Waals surface area (Å²) in [5.74, 6) is 1.88. The third-order valence-corrected chi connectivity index (χ3v) is 2.93. The van der Waals surface area contributed by atoms with Crippen LogP contribution < -0.4 is 0 Å². The molecule has 88 valence electrons. The third kappa shape index (κ3) is 2.49. The molecule has 2 rings (SSSR count). The summed E-state index contributed by atoms with van der Waals surface area (Å²) in [6.07, 6.45) is 4.42. The zero-order valence-corrected chi connectivity index (χ0v) is 9.90. The lowest BCUT2D eigenvalue weighted by Gasteiger charge is -2.16. The van der Waals surface area contributed by atoms with Crippen molar-refractivity contribution in [1.82, 2.24) is 10.1 Å². The van der Waals surface area contributed by atoms with E-state index < -0.39 is 0 Å². The van der Waals surface area contributed by atoms with E-state index in [-0.39, 0.29) is 11.7 Å². The van der Waals surface area contributed by atoms with E-state index in [0.29, 0.717) is 18.2 Å². The van der Waals surface area contributed by atoms with Gasteiger partial charge >= 0.3 is 0 Å². The predicted molar refractivity (Wildman–Crippen MR) is 59.1 cm³/mol. The number of hydrogen-bond donors (Lipinski definition) is 0. The second-order valence-corrected chi connectivity index (χ2v) is 4.91. The average Bonchev–Trinajstić information content (AvgIpc) is 2.66. The van der Waals surface area contributed by atoms with Gasteiger partial charge in [-0.25, -0.2) is 0 Å². The number of aromatic nitrogens is 2. The maximum Gasteiger partial charge on any atom is 0.237 e. The van der Waals surface area contributed by atoms with Crippen LogP contribution in [0, 0.1) is 5.92 Å². The summed E-state index contributed by atoms with van der Waals surface area (Å²) >= 11 is 0. The highest BCUT2D eigenvalue weighted by Gasteiger charge is 2.28. The summed E-state index contributed by atoms with van der Waals surface area (Å²) in [6, 6.07) is 0. The molecule has 4 nitrogen and oxygen atoms in total. The Hall–Kier alpha value is -1.19. The summed E-state index contributed by atoms with van der Waals surface area (Å²) in [7, 11) is 0. The van der Waals surface area contributed by atoms with Crippen LogP contribution in [0.25, 0.3) is 0 Å². The molecule has 1 fully saturated rings. The molecule has 1 unspecified atom stereocenters. The van der Waals surface area contributed by atoms with Crippen LogP contribution in [-0.4, -0.2) is 15.9 Å². The summed E-state index contributed by atoms with van der Waals surface area (Å²) in [6.45, 7) is 4.23. The largest absolute Gasteiger partial charge is 0.339 e. The number of ketones is 1. The smallest absolute Gasteiger partial charge is 0.237 e. The first kappa shape index (κ1) is 11.3. The van der Waals surface area contributed by atoms with E-state index in [4.69, 9.17) is 4.52 Å². The molecule has 0 aromatic carbocycles. The van der Waals surface area contributed by atoms with Crippen molar-refractivity contribution in [2.24, 2.45) is 5.92 Å². The average molecular weight is 222 g/mol. The number of hydrogen-bond acceptors (Lipinski definition) is 4. The van der Waals surface area contributed by atoms with Crippen molar-refractivity contribution >= 4 is 5.78 Å². The van der Waals surface area contributed by atoms with E-state index in [1.54, 1.807) is 0 Å². The van der Waals surface area contributed by atoms with E-state index in [9.17, 15) is 4.79 Å². The Morgan fingerprint density at radius 3 is 2.94 bits per heavy atom. The van der Waals surface area contributed by atoms with Crippen molar-refractivity contribution in [2.45, 2.75) is 51.9 Å². The van der Waals surface area contributed by atoms with Gasteiger partial charge in [0.15, 0.2) is 5.82 Å². The Morgan fingerprint density at radius 2 is 2.25 bits per heavy atom. The second-order valence-electron chi connectivity index (χ2n) is 4.91. The predicted octanol–water partition coefficient (Wildman–Crippen LogP) is 2.49. The molecule has 1 aromatic heterocycles. The molecule has 0 N–H and O–H groups in total. The first-order valence-electron chi connectivity index (χ1n) is 6.02. The Balaban J connectivity index is 2.08. The van der Waals surface area contributed by atoms with E-state index in [0.717, 1.165) is 31.5 Å². The van der Waals surface area contributed by atoms with E-state index in [2.05, 4.69) is 24.0 Å². The Morgan fingerprint density at radius 1 is 1.44 bits per heavy atom. The number of carbonyl (C=O) groups is 1. The first-order chi connectivity index (χ1) is 7.66. The van der Waals surface area contributed by atoms with E-state index in [1.165, 1.54) is 0 Å². The van der Waals surface area contributed by atoms with Crippen molar-refractivity contribution < 1.29 is 9.32 Å². The monoisotopic (exact) mass is 222 g/mol. The van der Waals surface area contributed by atoms with Crippen LogP contribution >= 0.6 is 0 Å². The van der Waals surface area contributed by atoms with Gasteiger partial charge in [-0.05, 0) is 18.8 Å². The molecule has 1 aliphatic rings. The van der Waals surface area contributed by atoms with E-state index in [1.807, 2.05) is 0 Å². The third-order valence-electron chi connectivity index (χ3n) is 2.93. The van der Waals surface area contributed by atoms with Gasteiger partial charge in [-0.2, -0.15) is 4.98 Å². The normalized spacial score (nSPS) is 21.7. The summed E-state index contributed by atoms with van der Waals surface area (Å²) in [4.78, 5) is 16.0. The fraction of sp³-hybridized carbons (Fsp3) is 0.750. The van der Waals surface area contributed by atoms with Crippen LogP contribution in [0.3, 0.4) is 0 Å². The number of rotatable bonds is 3.